The third kappa shape index (κ3) is 2.82. The smallest absolute Gasteiger partial charge is 0.0257 e. The van der Waals surface area contributed by atoms with Gasteiger partial charge in [-0.25, -0.2) is 4.31 Å². The molecule has 0 bridgehead atoms. The zero-order valence-corrected chi connectivity index (χ0v) is 8.10. The summed E-state index contributed by atoms with van der Waals surface area (Å²) in [5.41, 5.74) is 0. The highest BCUT2D eigenvalue weighted by atomic mass is 32.2. The van der Waals surface area contributed by atoms with Crippen LogP contribution in [0.5, 0.6) is 0 Å². The lowest BCUT2D eigenvalue weighted by Crippen LogP contribution is -2.50. The van der Waals surface area contributed by atoms with Gasteiger partial charge in [0.2, 0.25) is 0 Å². The summed E-state index contributed by atoms with van der Waals surface area (Å²) in [5.74, 6) is 0. The van der Waals surface area contributed by atoms with Crippen LogP contribution in [0.4, 0.5) is 0 Å². The van der Waals surface area contributed by atoms with Gasteiger partial charge < -0.3 is 9.87 Å². The molecule has 0 amide bonds. The van der Waals surface area contributed by atoms with E-state index >= 15 is 0 Å². The molecule has 1 aliphatic rings. The van der Waals surface area contributed by atoms with Gasteiger partial charge in [-0.3, -0.25) is 4.21 Å². The fourth-order valence-electron chi connectivity index (χ4n) is 1.47. The molecule has 1 saturated heterocycles. The first-order valence-corrected chi connectivity index (χ1v) is 5.35. The zero-order valence-electron chi connectivity index (χ0n) is 7.28. The van der Waals surface area contributed by atoms with E-state index in [1.54, 1.807) is 0 Å². The Kier molecular flexibility index (Phi) is 4.14. The number of piperazine rings is 1. The predicted octanol–water partition coefficient (Wildman–Crippen LogP) is -0.146. The quantitative estimate of drug-likeness (QED) is 0.631. The molecule has 72 valence electrons. The molecule has 2 atom stereocenters. The second kappa shape index (κ2) is 4.91. The second-order valence-electron chi connectivity index (χ2n) is 3.04. The first kappa shape index (κ1) is 10.1. The van der Waals surface area contributed by atoms with Crippen LogP contribution in [0.3, 0.4) is 0 Å². The minimum Gasteiger partial charge on any atom is -0.760 e. The molecular weight excluding hydrogens is 176 g/mol. The van der Waals surface area contributed by atoms with Crippen molar-refractivity contribution in [2.75, 3.05) is 19.6 Å². The Labute approximate surface area is 75.7 Å². The van der Waals surface area contributed by atoms with E-state index in [4.69, 9.17) is 0 Å². The lowest BCUT2D eigenvalue weighted by Gasteiger charge is -2.34. The molecular formula is C7H15N2O2S-. The van der Waals surface area contributed by atoms with Crippen molar-refractivity contribution >= 4 is 11.3 Å². The van der Waals surface area contributed by atoms with Crippen LogP contribution in [0, 0.1) is 0 Å². The molecule has 12 heavy (non-hydrogen) atoms. The lowest BCUT2D eigenvalue weighted by molar-refractivity contribution is 0.280. The fraction of sp³-hybridized carbons (Fsp3) is 1.00. The molecule has 5 heteroatoms. The van der Waals surface area contributed by atoms with Crippen LogP contribution in [-0.4, -0.2) is 38.7 Å². The van der Waals surface area contributed by atoms with Crippen LogP contribution in [0.2, 0.25) is 0 Å². The largest absolute Gasteiger partial charge is 0.760 e. The molecule has 0 aromatic heterocycles. The molecule has 1 heterocycles. The van der Waals surface area contributed by atoms with Gasteiger partial charge >= 0.3 is 0 Å². The molecule has 0 aromatic carbocycles. The highest BCUT2D eigenvalue weighted by Crippen LogP contribution is 2.05. The number of hydrogen-bond acceptors (Lipinski definition) is 3. The van der Waals surface area contributed by atoms with Gasteiger partial charge in [0, 0.05) is 36.9 Å². The Bertz CT molecular complexity index is 163. The summed E-state index contributed by atoms with van der Waals surface area (Å²) in [6.07, 6.45) is 2.14. The molecule has 1 N–H and O–H groups in total. The van der Waals surface area contributed by atoms with Gasteiger partial charge in [0.05, 0.1) is 0 Å². The number of rotatable bonds is 3. The summed E-state index contributed by atoms with van der Waals surface area (Å²) in [6, 6.07) is 0.349. The highest BCUT2D eigenvalue weighted by molar-refractivity contribution is 7.76. The van der Waals surface area contributed by atoms with Crippen LogP contribution in [0.1, 0.15) is 19.8 Å². The van der Waals surface area contributed by atoms with Crippen molar-refractivity contribution in [1.82, 2.24) is 9.62 Å². The molecule has 0 aliphatic carbocycles. The summed E-state index contributed by atoms with van der Waals surface area (Å²) < 4.78 is 22.7. The third-order valence-electron chi connectivity index (χ3n) is 2.07. The van der Waals surface area contributed by atoms with E-state index in [9.17, 15) is 8.76 Å². The molecule has 1 aliphatic heterocycles. The first-order chi connectivity index (χ1) is 5.74. The zero-order chi connectivity index (χ0) is 8.97. The van der Waals surface area contributed by atoms with E-state index in [-0.39, 0.29) is 0 Å². The average Bonchev–Trinajstić information content (AvgIpc) is 2.05. The fourth-order valence-corrected chi connectivity index (χ4v) is 2.01. The van der Waals surface area contributed by atoms with Gasteiger partial charge in [0.25, 0.3) is 0 Å². The Balaban J connectivity index is 2.35. The Morgan fingerprint density at radius 3 is 3.08 bits per heavy atom. The molecule has 2 unspecified atom stereocenters. The molecule has 0 aromatic rings. The van der Waals surface area contributed by atoms with E-state index in [2.05, 4.69) is 12.2 Å². The SMILES string of the molecule is CCCC1CN(S(=O)[O-])CCN1. The van der Waals surface area contributed by atoms with E-state index in [0.717, 1.165) is 19.4 Å². The maximum absolute atomic E-state index is 10.6. The monoisotopic (exact) mass is 191 g/mol. The summed E-state index contributed by atoms with van der Waals surface area (Å²) in [6.45, 7) is 4.12. The average molecular weight is 191 g/mol. The number of nitrogens with zero attached hydrogens (tertiary/aromatic N) is 1. The number of nitrogens with one attached hydrogen (secondary N) is 1. The van der Waals surface area contributed by atoms with E-state index in [1.807, 2.05) is 0 Å². The maximum Gasteiger partial charge on any atom is 0.0257 e. The summed E-state index contributed by atoms with van der Waals surface area (Å²) in [7, 11) is 0. The van der Waals surface area contributed by atoms with Crippen molar-refractivity contribution in [2.45, 2.75) is 25.8 Å². The van der Waals surface area contributed by atoms with Crippen molar-refractivity contribution in [3.63, 3.8) is 0 Å². The topological polar surface area (TPSA) is 55.4 Å². The minimum atomic E-state index is -2.03. The van der Waals surface area contributed by atoms with Gasteiger partial charge in [-0.05, 0) is 6.42 Å². The summed E-state index contributed by atoms with van der Waals surface area (Å²) in [4.78, 5) is 0. The van der Waals surface area contributed by atoms with Gasteiger partial charge in [-0.15, -0.1) is 0 Å². The minimum absolute atomic E-state index is 0.349. The highest BCUT2D eigenvalue weighted by Gasteiger charge is 2.18. The van der Waals surface area contributed by atoms with Crippen LogP contribution in [-0.2, 0) is 11.3 Å². The van der Waals surface area contributed by atoms with Gasteiger partial charge in [0.15, 0.2) is 0 Å². The second-order valence-corrected chi connectivity index (χ2v) is 4.00. The normalized spacial score (nSPS) is 28.7. The summed E-state index contributed by atoms with van der Waals surface area (Å²) >= 11 is -2.03. The van der Waals surface area contributed by atoms with Crippen LogP contribution >= 0.6 is 0 Å². The van der Waals surface area contributed by atoms with E-state index in [0.29, 0.717) is 19.1 Å². The molecule has 1 rings (SSSR count). The Morgan fingerprint density at radius 2 is 2.50 bits per heavy atom. The van der Waals surface area contributed by atoms with Gasteiger partial charge in [0.1, 0.15) is 0 Å². The van der Waals surface area contributed by atoms with Gasteiger partial charge in [-0.1, -0.05) is 13.3 Å². The predicted molar refractivity (Wildman–Crippen MR) is 47.2 cm³/mol. The standard InChI is InChI=1S/C7H16N2O2S/c1-2-3-7-6-9(12(10)11)5-4-8-7/h7-8H,2-6H2,1H3,(H,10,11)/p-1. The van der Waals surface area contributed by atoms with Crippen molar-refractivity contribution < 1.29 is 8.76 Å². The Hall–Kier alpha value is 0.0300. The maximum atomic E-state index is 10.6. The molecule has 1 fully saturated rings. The van der Waals surface area contributed by atoms with Crippen LogP contribution < -0.4 is 5.32 Å². The first-order valence-electron chi connectivity index (χ1n) is 4.31. The molecule has 0 saturated carbocycles. The van der Waals surface area contributed by atoms with Crippen LogP contribution in [0.15, 0.2) is 0 Å². The van der Waals surface area contributed by atoms with Crippen molar-refractivity contribution in [3.05, 3.63) is 0 Å². The molecule has 0 radical (unpaired) electrons. The van der Waals surface area contributed by atoms with Crippen molar-refractivity contribution in [3.8, 4) is 0 Å². The van der Waals surface area contributed by atoms with E-state index in [1.165, 1.54) is 4.31 Å². The molecule has 0 spiro atoms. The van der Waals surface area contributed by atoms with Crippen molar-refractivity contribution in [1.29, 1.82) is 0 Å². The van der Waals surface area contributed by atoms with Crippen molar-refractivity contribution in [2.24, 2.45) is 0 Å². The third-order valence-corrected chi connectivity index (χ3v) is 2.82. The van der Waals surface area contributed by atoms with Crippen LogP contribution in [0.25, 0.3) is 0 Å². The van der Waals surface area contributed by atoms with E-state index < -0.39 is 11.3 Å². The van der Waals surface area contributed by atoms with Gasteiger partial charge in [-0.2, -0.15) is 0 Å². The summed E-state index contributed by atoms with van der Waals surface area (Å²) in [5, 5.41) is 3.29. The lowest BCUT2D eigenvalue weighted by atomic mass is 10.1. The number of hydrogen-bond donors (Lipinski definition) is 1. The Morgan fingerprint density at radius 1 is 1.75 bits per heavy atom. The molecule has 4 nitrogen and oxygen atoms in total.